The number of amidine groups is 1. The SMILES string of the molecule is Cc1cccc(CC(=O)N(C)C(C)C(N)=NO)c1. The quantitative estimate of drug-likeness (QED) is 0.363. The largest absolute Gasteiger partial charge is 0.409 e. The van der Waals surface area contributed by atoms with Crippen LogP contribution in [-0.4, -0.2) is 34.9 Å². The summed E-state index contributed by atoms with van der Waals surface area (Å²) in [5.74, 6) is -0.0465. The molecule has 1 unspecified atom stereocenters. The third-order valence-electron chi connectivity index (χ3n) is 2.96. The van der Waals surface area contributed by atoms with Gasteiger partial charge in [0, 0.05) is 7.05 Å². The average Bonchev–Trinajstić information content (AvgIpc) is 2.36. The van der Waals surface area contributed by atoms with Crippen molar-refractivity contribution in [3.8, 4) is 0 Å². The lowest BCUT2D eigenvalue weighted by atomic mass is 10.1. The molecule has 0 aliphatic carbocycles. The Labute approximate surface area is 107 Å². The Morgan fingerprint density at radius 3 is 2.78 bits per heavy atom. The predicted octanol–water partition coefficient (Wildman–Crippen LogP) is 1.13. The topological polar surface area (TPSA) is 78.9 Å². The van der Waals surface area contributed by atoms with Gasteiger partial charge in [-0.15, -0.1) is 0 Å². The molecule has 18 heavy (non-hydrogen) atoms. The third-order valence-corrected chi connectivity index (χ3v) is 2.96. The Kier molecular flexibility index (Phi) is 4.71. The van der Waals surface area contributed by atoms with Crippen LogP contribution in [0.15, 0.2) is 29.4 Å². The van der Waals surface area contributed by atoms with Crippen LogP contribution in [0.4, 0.5) is 0 Å². The zero-order valence-corrected chi connectivity index (χ0v) is 10.9. The van der Waals surface area contributed by atoms with Crippen molar-refractivity contribution >= 4 is 11.7 Å². The number of nitrogens with two attached hydrogens (primary N) is 1. The Bertz CT molecular complexity index is 457. The Morgan fingerprint density at radius 1 is 1.56 bits per heavy atom. The molecule has 0 saturated heterocycles. The summed E-state index contributed by atoms with van der Waals surface area (Å²) in [5, 5.41) is 11.5. The van der Waals surface area contributed by atoms with Crippen molar-refractivity contribution in [3.63, 3.8) is 0 Å². The van der Waals surface area contributed by atoms with Crippen LogP contribution in [-0.2, 0) is 11.2 Å². The standard InChI is InChI=1S/C13H19N3O2/c1-9-5-4-6-11(7-9)8-12(17)16(3)10(2)13(14)15-18/h4-7,10,18H,8H2,1-3H3,(H2,14,15). The molecule has 0 heterocycles. The second-order valence-electron chi connectivity index (χ2n) is 4.37. The second kappa shape index (κ2) is 6.05. The van der Waals surface area contributed by atoms with Crippen molar-refractivity contribution in [2.24, 2.45) is 10.9 Å². The molecule has 0 bridgehead atoms. The van der Waals surface area contributed by atoms with Crippen LogP contribution in [0, 0.1) is 6.92 Å². The summed E-state index contributed by atoms with van der Waals surface area (Å²) in [6.45, 7) is 3.69. The number of nitrogens with zero attached hydrogens (tertiary/aromatic N) is 2. The summed E-state index contributed by atoms with van der Waals surface area (Å²) in [4.78, 5) is 13.5. The number of aryl methyl sites for hydroxylation is 1. The lowest BCUT2D eigenvalue weighted by Gasteiger charge is -2.23. The first-order valence-electron chi connectivity index (χ1n) is 5.74. The smallest absolute Gasteiger partial charge is 0.227 e. The average molecular weight is 249 g/mol. The minimum atomic E-state index is -0.424. The zero-order valence-electron chi connectivity index (χ0n) is 10.9. The van der Waals surface area contributed by atoms with E-state index >= 15 is 0 Å². The molecule has 5 heteroatoms. The Balaban J connectivity index is 2.71. The van der Waals surface area contributed by atoms with E-state index in [4.69, 9.17) is 10.9 Å². The van der Waals surface area contributed by atoms with Crippen molar-refractivity contribution < 1.29 is 10.0 Å². The van der Waals surface area contributed by atoms with Crippen LogP contribution >= 0.6 is 0 Å². The molecule has 0 fully saturated rings. The summed E-state index contributed by atoms with van der Waals surface area (Å²) in [5.41, 5.74) is 7.55. The van der Waals surface area contributed by atoms with Crippen LogP contribution < -0.4 is 5.73 Å². The van der Waals surface area contributed by atoms with Gasteiger partial charge in [-0.05, 0) is 19.4 Å². The molecule has 0 aromatic heterocycles. The molecule has 0 saturated carbocycles. The first-order chi connectivity index (χ1) is 8.45. The van der Waals surface area contributed by atoms with Crippen LogP contribution in [0.5, 0.6) is 0 Å². The van der Waals surface area contributed by atoms with Gasteiger partial charge in [-0.25, -0.2) is 0 Å². The van der Waals surface area contributed by atoms with Crippen molar-refractivity contribution in [1.82, 2.24) is 4.90 Å². The van der Waals surface area contributed by atoms with E-state index in [9.17, 15) is 4.79 Å². The maximum Gasteiger partial charge on any atom is 0.227 e. The highest BCUT2D eigenvalue weighted by Gasteiger charge is 2.19. The van der Waals surface area contributed by atoms with E-state index in [1.807, 2.05) is 31.2 Å². The lowest BCUT2D eigenvalue weighted by Crippen LogP contribution is -2.44. The fraction of sp³-hybridized carbons (Fsp3) is 0.385. The minimum Gasteiger partial charge on any atom is -0.409 e. The molecule has 1 aromatic carbocycles. The minimum absolute atomic E-state index is 0.0232. The van der Waals surface area contributed by atoms with E-state index in [0.29, 0.717) is 6.42 Å². The van der Waals surface area contributed by atoms with Crippen molar-refractivity contribution in [1.29, 1.82) is 0 Å². The van der Waals surface area contributed by atoms with Crippen molar-refractivity contribution in [3.05, 3.63) is 35.4 Å². The highest BCUT2D eigenvalue weighted by Crippen LogP contribution is 2.07. The number of oxime groups is 1. The molecular weight excluding hydrogens is 230 g/mol. The van der Waals surface area contributed by atoms with Gasteiger partial charge in [-0.3, -0.25) is 4.79 Å². The Hall–Kier alpha value is -2.04. The van der Waals surface area contributed by atoms with E-state index < -0.39 is 6.04 Å². The number of hydrogen-bond acceptors (Lipinski definition) is 3. The lowest BCUT2D eigenvalue weighted by molar-refractivity contribution is -0.129. The Morgan fingerprint density at radius 2 is 2.22 bits per heavy atom. The van der Waals surface area contributed by atoms with Gasteiger partial charge in [-0.1, -0.05) is 35.0 Å². The molecule has 1 atom stereocenters. The number of hydrogen-bond donors (Lipinski definition) is 2. The van der Waals surface area contributed by atoms with Crippen LogP contribution in [0.2, 0.25) is 0 Å². The molecule has 1 rings (SSSR count). The number of carbonyl (C=O) groups is 1. The number of carbonyl (C=O) groups excluding carboxylic acids is 1. The van der Waals surface area contributed by atoms with Crippen LogP contribution in [0.25, 0.3) is 0 Å². The van der Waals surface area contributed by atoms with E-state index in [-0.39, 0.29) is 11.7 Å². The van der Waals surface area contributed by atoms with Crippen LogP contribution in [0.3, 0.4) is 0 Å². The van der Waals surface area contributed by atoms with Crippen molar-refractivity contribution in [2.45, 2.75) is 26.3 Å². The molecule has 0 radical (unpaired) electrons. The maximum absolute atomic E-state index is 12.0. The molecule has 1 amide bonds. The fourth-order valence-corrected chi connectivity index (χ4v) is 1.62. The number of benzene rings is 1. The first kappa shape index (κ1) is 14.0. The van der Waals surface area contributed by atoms with E-state index in [1.54, 1.807) is 14.0 Å². The monoisotopic (exact) mass is 249 g/mol. The summed E-state index contributed by atoms with van der Waals surface area (Å²) < 4.78 is 0. The van der Waals surface area contributed by atoms with E-state index in [0.717, 1.165) is 11.1 Å². The van der Waals surface area contributed by atoms with Gasteiger partial charge in [0.05, 0.1) is 12.5 Å². The zero-order chi connectivity index (χ0) is 13.7. The summed E-state index contributed by atoms with van der Waals surface area (Å²) in [6, 6.07) is 7.36. The van der Waals surface area contributed by atoms with Crippen LogP contribution in [0.1, 0.15) is 18.1 Å². The summed E-state index contributed by atoms with van der Waals surface area (Å²) >= 11 is 0. The van der Waals surface area contributed by atoms with Gasteiger partial charge in [0.15, 0.2) is 5.84 Å². The molecule has 0 aliphatic rings. The molecule has 5 nitrogen and oxygen atoms in total. The maximum atomic E-state index is 12.0. The van der Waals surface area contributed by atoms with Gasteiger partial charge in [-0.2, -0.15) is 0 Å². The molecular formula is C13H19N3O2. The second-order valence-corrected chi connectivity index (χ2v) is 4.37. The molecule has 0 aliphatic heterocycles. The molecule has 3 N–H and O–H groups in total. The predicted molar refractivity (Wildman–Crippen MR) is 70.5 cm³/mol. The van der Waals surface area contributed by atoms with Gasteiger partial charge in [0.1, 0.15) is 0 Å². The summed E-state index contributed by atoms with van der Waals surface area (Å²) in [7, 11) is 1.64. The summed E-state index contributed by atoms with van der Waals surface area (Å²) in [6.07, 6.45) is 0.307. The third kappa shape index (κ3) is 3.48. The van der Waals surface area contributed by atoms with Gasteiger partial charge >= 0.3 is 0 Å². The van der Waals surface area contributed by atoms with E-state index in [2.05, 4.69) is 5.16 Å². The number of likely N-dealkylation sites (N-methyl/N-ethyl adjacent to an activating group) is 1. The normalized spacial score (nSPS) is 13.2. The highest BCUT2D eigenvalue weighted by molar-refractivity contribution is 5.90. The van der Waals surface area contributed by atoms with Gasteiger partial charge < -0.3 is 15.8 Å². The van der Waals surface area contributed by atoms with E-state index in [1.165, 1.54) is 4.90 Å². The van der Waals surface area contributed by atoms with Gasteiger partial charge in [0.2, 0.25) is 5.91 Å². The molecule has 0 spiro atoms. The number of rotatable bonds is 4. The fourth-order valence-electron chi connectivity index (χ4n) is 1.62. The van der Waals surface area contributed by atoms with Gasteiger partial charge in [0.25, 0.3) is 0 Å². The number of amides is 1. The van der Waals surface area contributed by atoms with Crippen molar-refractivity contribution in [2.75, 3.05) is 7.05 Å². The first-order valence-corrected chi connectivity index (χ1v) is 5.74. The molecule has 1 aromatic rings. The molecule has 98 valence electrons. The highest BCUT2D eigenvalue weighted by atomic mass is 16.4.